The van der Waals surface area contributed by atoms with E-state index in [9.17, 15) is 4.79 Å². The maximum atomic E-state index is 12.9. The number of allylic oxidation sites excluding steroid dienone is 3. The number of benzene rings is 2. The molecule has 0 heterocycles. The smallest absolute Gasteiger partial charge is 0.312 e. The zero-order valence-electron chi connectivity index (χ0n) is 18.4. The Bertz CT molecular complexity index is 982. The van der Waals surface area contributed by atoms with Crippen molar-refractivity contribution in [1.82, 2.24) is 0 Å². The lowest BCUT2D eigenvalue weighted by Crippen LogP contribution is -2.25. The fraction of sp³-hybridized carbons (Fsp3) is 0.393. The lowest BCUT2D eigenvalue weighted by Gasteiger charge is -2.25. The topological polar surface area (TPSA) is 26.3 Å². The molecular weight excluding hydrogens is 368 g/mol. The molecule has 2 aliphatic rings. The van der Waals surface area contributed by atoms with Crippen molar-refractivity contribution in [3.8, 4) is 5.75 Å². The Hall–Kier alpha value is -2.61. The molecule has 0 spiro atoms. The van der Waals surface area contributed by atoms with Crippen molar-refractivity contribution < 1.29 is 9.53 Å². The van der Waals surface area contributed by atoms with Crippen molar-refractivity contribution in [3.05, 3.63) is 84.0 Å². The van der Waals surface area contributed by atoms with Gasteiger partial charge in [-0.15, -0.1) is 0 Å². The minimum Gasteiger partial charge on any atom is -0.426 e. The second-order valence-electron chi connectivity index (χ2n) is 9.75. The van der Waals surface area contributed by atoms with E-state index in [2.05, 4.69) is 56.8 Å². The number of esters is 1. The molecule has 0 saturated heterocycles. The van der Waals surface area contributed by atoms with Crippen molar-refractivity contribution in [2.24, 2.45) is 17.8 Å². The molecule has 0 aromatic heterocycles. The first-order valence-electron chi connectivity index (χ1n) is 11.0. The van der Waals surface area contributed by atoms with Gasteiger partial charge in [-0.2, -0.15) is 0 Å². The number of carbonyl (C=O) groups is 1. The number of hydrogen-bond donors (Lipinski definition) is 0. The molecule has 1 saturated carbocycles. The number of hydrogen-bond acceptors (Lipinski definition) is 2. The maximum absolute atomic E-state index is 12.9. The molecule has 0 N–H and O–H groups in total. The molecule has 4 rings (SSSR count). The van der Waals surface area contributed by atoms with Crippen LogP contribution < -0.4 is 4.74 Å². The van der Waals surface area contributed by atoms with Gasteiger partial charge >= 0.3 is 5.97 Å². The van der Waals surface area contributed by atoms with Gasteiger partial charge in [-0.1, -0.05) is 80.6 Å². The third-order valence-electron chi connectivity index (χ3n) is 6.82. The summed E-state index contributed by atoms with van der Waals surface area (Å²) in [5.41, 5.74) is 4.10. The van der Waals surface area contributed by atoms with Gasteiger partial charge in [0.05, 0.1) is 6.42 Å². The molecule has 3 atom stereocenters. The highest BCUT2D eigenvalue weighted by Crippen LogP contribution is 2.45. The van der Waals surface area contributed by atoms with Gasteiger partial charge in [0.15, 0.2) is 0 Å². The van der Waals surface area contributed by atoms with E-state index in [4.69, 9.17) is 4.74 Å². The molecule has 156 valence electrons. The van der Waals surface area contributed by atoms with Gasteiger partial charge in [0.1, 0.15) is 5.75 Å². The van der Waals surface area contributed by atoms with Crippen molar-refractivity contribution in [3.63, 3.8) is 0 Å². The van der Waals surface area contributed by atoms with Crippen LogP contribution in [0.25, 0.3) is 5.57 Å². The van der Waals surface area contributed by atoms with E-state index < -0.39 is 0 Å². The molecule has 3 unspecified atom stereocenters. The predicted molar refractivity (Wildman–Crippen MR) is 123 cm³/mol. The average Bonchev–Trinajstić information content (AvgIpc) is 3.32. The van der Waals surface area contributed by atoms with Gasteiger partial charge in [-0.3, -0.25) is 4.79 Å². The second kappa shape index (κ2) is 8.26. The van der Waals surface area contributed by atoms with E-state index in [1.54, 1.807) is 0 Å². The highest BCUT2D eigenvalue weighted by atomic mass is 16.5. The lowest BCUT2D eigenvalue weighted by atomic mass is 9.80. The van der Waals surface area contributed by atoms with E-state index in [1.165, 1.54) is 12.8 Å². The fourth-order valence-electron chi connectivity index (χ4n) is 5.01. The van der Waals surface area contributed by atoms with Gasteiger partial charge in [0.25, 0.3) is 0 Å². The monoisotopic (exact) mass is 400 g/mol. The number of fused-ring (bicyclic) bond motifs is 2. The molecule has 0 amide bonds. The molecule has 2 bridgehead atoms. The minimum absolute atomic E-state index is 0.180. The SMILES string of the molecule is C=C(C)c1cccc(C(C)(C)CC(=O)Oc2ccccc2CC2CC3C=CC2C3)c1. The first-order valence-corrected chi connectivity index (χ1v) is 11.0. The molecule has 0 aliphatic heterocycles. The van der Waals surface area contributed by atoms with Gasteiger partial charge in [-0.25, -0.2) is 0 Å². The molecule has 1 fully saturated rings. The van der Waals surface area contributed by atoms with Crippen LogP contribution in [0.1, 0.15) is 56.7 Å². The molecule has 2 heteroatoms. The molecule has 2 aromatic rings. The van der Waals surface area contributed by atoms with Crippen LogP contribution in [0.5, 0.6) is 5.75 Å². The van der Waals surface area contributed by atoms with Gasteiger partial charge in [-0.05, 0) is 66.7 Å². The number of carbonyl (C=O) groups excluding carboxylic acids is 1. The van der Waals surface area contributed by atoms with Crippen LogP contribution in [0, 0.1) is 17.8 Å². The van der Waals surface area contributed by atoms with E-state index in [-0.39, 0.29) is 11.4 Å². The first kappa shape index (κ1) is 20.7. The molecule has 2 nitrogen and oxygen atoms in total. The van der Waals surface area contributed by atoms with E-state index in [0.29, 0.717) is 18.3 Å². The third-order valence-corrected chi connectivity index (χ3v) is 6.82. The Morgan fingerprint density at radius 3 is 2.60 bits per heavy atom. The minimum atomic E-state index is -0.313. The second-order valence-corrected chi connectivity index (χ2v) is 9.75. The van der Waals surface area contributed by atoms with E-state index in [0.717, 1.165) is 40.4 Å². The van der Waals surface area contributed by atoms with Gasteiger partial charge < -0.3 is 4.74 Å². The molecule has 2 aliphatic carbocycles. The maximum Gasteiger partial charge on any atom is 0.312 e. The zero-order chi connectivity index (χ0) is 21.3. The standard InChI is InChI=1S/C28H32O2/c1-19(2)21-9-7-10-25(17-21)28(3,4)18-27(29)30-26-11-6-5-8-23(26)16-24-15-20-12-13-22(24)14-20/h5-13,17,20,22,24H,1,14-16,18H2,2-4H3. The first-order chi connectivity index (χ1) is 14.3. The van der Waals surface area contributed by atoms with Crippen LogP contribution in [0.3, 0.4) is 0 Å². The lowest BCUT2D eigenvalue weighted by molar-refractivity contribution is -0.135. The Morgan fingerprint density at radius 2 is 1.90 bits per heavy atom. The van der Waals surface area contributed by atoms with Gasteiger partial charge in [0.2, 0.25) is 0 Å². The summed E-state index contributed by atoms with van der Waals surface area (Å²) in [4.78, 5) is 12.9. The van der Waals surface area contributed by atoms with Crippen LogP contribution in [-0.4, -0.2) is 5.97 Å². The highest BCUT2D eigenvalue weighted by molar-refractivity contribution is 5.74. The van der Waals surface area contributed by atoms with E-state index >= 15 is 0 Å². The van der Waals surface area contributed by atoms with Crippen molar-refractivity contribution in [2.75, 3.05) is 0 Å². The van der Waals surface area contributed by atoms with Crippen LogP contribution in [0.15, 0.2) is 67.3 Å². The molecule has 0 radical (unpaired) electrons. The molecular formula is C28H32O2. The number of para-hydroxylation sites is 1. The Labute approximate surface area is 180 Å². The Balaban J connectivity index is 1.44. The van der Waals surface area contributed by atoms with E-state index in [1.807, 2.05) is 31.2 Å². The van der Waals surface area contributed by atoms with Crippen molar-refractivity contribution in [1.29, 1.82) is 0 Å². The fourth-order valence-corrected chi connectivity index (χ4v) is 5.01. The predicted octanol–water partition coefficient (Wildman–Crippen LogP) is 6.75. The third kappa shape index (κ3) is 4.43. The quantitative estimate of drug-likeness (QED) is 0.292. The summed E-state index contributed by atoms with van der Waals surface area (Å²) in [5.74, 6) is 2.66. The Morgan fingerprint density at radius 1 is 1.10 bits per heavy atom. The highest BCUT2D eigenvalue weighted by Gasteiger charge is 2.36. The summed E-state index contributed by atoms with van der Waals surface area (Å²) in [6.45, 7) is 10.2. The number of ether oxygens (including phenoxy) is 1. The average molecular weight is 401 g/mol. The number of rotatable bonds is 7. The van der Waals surface area contributed by atoms with Crippen LogP contribution in [0.4, 0.5) is 0 Å². The van der Waals surface area contributed by atoms with Crippen molar-refractivity contribution >= 4 is 11.5 Å². The summed E-state index contributed by atoms with van der Waals surface area (Å²) >= 11 is 0. The summed E-state index contributed by atoms with van der Waals surface area (Å²) in [5, 5.41) is 0. The summed E-state index contributed by atoms with van der Waals surface area (Å²) in [6, 6.07) is 16.3. The zero-order valence-corrected chi connectivity index (χ0v) is 18.4. The largest absolute Gasteiger partial charge is 0.426 e. The molecule has 2 aromatic carbocycles. The van der Waals surface area contributed by atoms with Crippen LogP contribution in [0.2, 0.25) is 0 Å². The van der Waals surface area contributed by atoms with Gasteiger partial charge in [0, 0.05) is 5.41 Å². The normalized spacial score (nSPS) is 22.3. The summed E-state index contributed by atoms with van der Waals surface area (Å²) < 4.78 is 5.90. The van der Waals surface area contributed by atoms with Crippen LogP contribution in [-0.2, 0) is 16.6 Å². The Kier molecular flexibility index (Phi) is 5.69. The van der Waals surface area contributed by atoms with Crippen LogP contribution >= 0.6 is 0 Å². The molecule has 30 heavy (non-hydrogen) atoms. The summed E-state index contributed by atoms with van der Waals surface area (Å²) in [7, 11) is 0. The van der Waals surface area contributed by atoms with Crippen molar-refractivity contribution in [2.45, 2.75) is 51.9 Å². The summed E-state index contributed by atoms with van der Waals surface area (Å²) in [6.07, 6.45) is 8.63.